The quantitative estimate of drug-likeness (QED) is 0.180. The standard InChI is InChI=1S/C46H27N3/c1-2-14-29-27-30(26-25-28(29)13-1)44-37-21-9-11-23-39(37)47-46(48-44)49-40-24-12-10-22-38(40)43-42-34-18-6-4-16-32(34)31-15-3-5-17-33(31)41(42)35-19-7-8-20-36(35)45(43)49/h1-27H. The van der Waals surface area contributed by atoms with E-state index in [1.165, 1.54) is 64.6 Å². The van der Waals surface area contributed by atoms with Gasteiger partial charge in [0.15, 0.2) is 0 Å². The van der Waals surface area contributed by atoms with Crippen molar-refractivity contribution in [2.75, 3.05) is 0 Å². The summed E-state index contributed by atoms with van der Waals surface area (Å²) >= 11 is 0. The number of rotatable bonds is 2. The molecule has 0 unspecified atom stereocenters. The van der Waals surface area contributed by atoms with E-state index in [-0.39, 0.29) is 0 Å². The molecule has 9 aromatic carbocycles. The molecular formula is C46H27N3. The Morgan fingerprint density at radius 1 is 0.367 bits per heavy atom. The molecule has 0 aliphatic carbocycles. The van der Waals surface area contributed by atoms with Crippen LogP contribution in [0.15, 0.2) is 164 Å². The molecule has 2 heterocycles. The number of benzene rings is 9. The lowest BCUT2D eigenvalue weighted by atomic mass is 9.88. The number of para-hydroxylation sites is 2. The smallest absolute Gasteiger partial charge is 0.235 e. The molecular weight excluding hydrogens is 595 g/mol. The molecule has 226 valence electrons. The molecule has 0 saturated heterocycles. The molecule has 0 bridgehead atoms. The van der Waals surface area contributed by atoms with Crippen LogP contribution in [0.25, 0.3) is 104 Å². The molecule has 3 nitrogen and oxygen atoms in total. The minimum atomic E-state index is 0.669. The Balaban J connectivity index is 1.36. The Labute approximate surface area is 281 Å². The van der Waals surface area contributed by atoms with Crippen molar-refractivity contribution in [2.45, 2.75) is 0 Å². The molecule has 0 saturated carbocycles. The summed E-state index contributed by atoms with van der Waals surface area (Å²) < 4.78 is 2.31. The maximum atomic E-state index is 5.47. The fourth-order valence-electron chi connectivity index (χ4n) is 8.27. The van der Waals surface area contributed by atoms with Crippen LogP contribution in [0.3, 0.4) is 0 Å². The number of nitrogens with zero attached hydrogens (tertiary/aromatic N) is 3. The van der Waals surface area contributed by atoms with Crippen molar-refractivity contribution >= 4 is 86.6 Å². The highest BCUT2D eigenvalue weighted by Gasteiger charge is 2.23. The van der Waals surface area contributed by atoms with Gasteiger partial charge in [-0.2, -0.15) is 0 Å². The van der Waals surface area contributed by atoms with Gasteiger partial charge in [-0.05, 0) is 61.3 Å². The van der Waals surface area contributed by atoms with Gasteiger partial charge in [0.25, 0.3) is 0 Å². The van der Waals surface area contributed by atoms with Crippen molar-refractivity contribution in [1.82, 2.24) is 14.5 Å². The SMILES string of the molecule is c1ccc2cc(-c3nc(-n4c5ccccc5c5c6c7ccccc7c7ccccc7c6c6ccccc6c54)nc4ccccc34)ccc2c1. The largest absolute Gasteiger partial charge is 0.277 e. The third kappa shape index (κ3) is 3.67. The van der Waals surface area contributed by atoms with Gasteiger partial charge in [-0.3, -0.25) is 4.57 Å². The van der Waals surface area contributed by atoms with Gasteiger partial charge in [0.1, 0.15) is 0 Å². The van der Waals surface area contributed by atoms with Crippen LogP contribution < -0.4 is 0 Å². The van der Waals surface area contributed by atoms with Crippen molar-refractivity contribution in [3.8, 4) is 17.2 Å². The summed E-state index contributed by atoms with van der Waals surface area (Å²) in [7, 11) is 0. The Morgan fingerprint density at radius 2 is 0.918 bits per heavy atom. The van der Waals surface area contributed by atoms with Crippen molar-refractivity contribution in [2.24, 2.45) is 0 Å². The molecule has 0 N–H and O–H groups in total. The van der Waals surface area contributed by atoms with Crippen LogP contribution in [-0.2, 0) is 0 Å². The molecule has 0 aliphatic rings. The van der Waals surface area contributed by atoms with E-state index in [1.54, 1.807) is 0 Å². The topological polar surface area (TPSA) is 30.7 Å². The molecule has 0 radical (unpaired) electrons. The lowest BCUT2D eigenvalue weighted by Gasteiger charge is -2.16. The van der Waals surface area contributed by atoms with Gasteiger partial charge < -0.3 is 0 Å². The van der Waals surface area contributed by atoms with E-state index in [1.807, 2.05) is 0 Å². The van der Waals surface area contributed by atoms with Crippen LogP contribution in [0.5, 0.6) is 0 Å². The lowest BCUT2D eigenvalue weighted by molar-refractivity contribution is 1.02. The number of fused-ring (bicyclic) bond motifs is 15. The van der Waals surface area contributed by atoms with Crippen molar-refractivity contribution in [3.05, 3.63) is 164 Å². The molecule has 0 fully saturated rings. The highest BCUT2D eigenvalue weighted by Crippen LogP contribution is 2.47. The Hall–Kier alpha value is -6.58. The molecule has 3 heteroatoms. The highest BCUT2D eigenvalue weighted by atomic mass is 15.2. The molecule has 2 aromatic heterocycles. The van der Waals surface area contributed by atoms with E-state index in [0.29, 0.717) is 5.95 Å². The van der Waals surface area contributed by atoms with Gasteiger partial charge in [0, 0.05) is 32.5 Å². The fourth-order valence-corrected chi connectivity index (χ4v) is 8.27. The van der Waals surface area contributed by atoms with Gasteiger partial charge in [-0.1, -0.05) is 146 Å². The first-order chi connectivity index (χ1) is 24.3. The highest BCUT2D eigenvalue weighted by molar-refractivity contribution is 6.42. The summed E-state index contributed by atoms with van der Waals surface area (Å²) in [5.41, 5.74) is 5.14. The van der Waals surface area contributed by atoms with Crippen LogP contribution in [0.2, 0.25) is 0 Å². The van der Waals surface area contributed by atoms with E-state index in [9.17, 15) is 0 Å². The van der Waals surface area contributed by atoms with Gasteiger partial charge >= 0.3 is 0 Å². The average molecular weight is 622 g/mol. The molecule has 0 amide bonds. The third-order valence-electron chi connectivity index (χ3n) is 10.3. The lowest BCUT2D eigenvalue weighted by Crippen LogP contribution is -2.04. The zero-order chi connectivity index (χ0) is 32.1. The minimum absolute atomic E-state index is 0.669. The average Bonchev–Trinajstić information content (AvgIpc) is 3.52. The Bertz CT molecular complexity index is 3170. The van der Waals surface area contributed by atoms with Crippen molar-refractivity contribution < 1.29 is 0 Å². The summed E-state index contributed by atoms with van der Waals surface area (Å²) in [6.45, 7) is 0. The van der Waals surface area contributed by atoms with Crippen molar-refractivity contribution in [3.63, 3.8) is 0 Å². The van der Waals surface area contributed by atoms with Crippen LogP contribution in [0.4, 0.5) is 0 Å². The van der Waals surface area contributed by atoms with Crippen molar-refractivity contribution in [1.29, 1.82) is 0 Å². The summed E-state index contributed by atoms with van der Waals surface area (Å²) in [6.07, 6.45) is 0. The first-order valence-corrected chi connectivity index (χ1v) is 16.8. The maximum absolute atomic E-state index is 5.47. The molecule has 0 aliphatic heterocycles. The van der Waals surface area contributed by atoms with E-state index < -0.39 is 0 Å². The van der Waals surface area contributed by atoms with Crippen LogP contribution >= 0.6 is 0 Å². The molecule has 11 aromatic rings. The number of hydrogen-bond acceptors (Lipinski definition) is 2. The summed E-state index contributed by atoms with van der Waals surface area (Å²) in [4.78, 5) is 10.8. The second-order valence-electron chi connectivity index (χ2n) is 12.9. The van der Waals surface area contributed by atoms with Crippen LogP contribution in [0, 0.1) is 0 Å². The second-order valence-corrected chi connectivity index (χ2v) is 12.9. The number of aromatic nitrogens is 3. The number of hydrogen-bond donors (Lipinski definition) is 0. The monoisotopic (exact) mass is 621 g/mol. The van der Waals surface area contributed by atoms with E-state index in [2.05, 4.69) is 168 Å². The van der Waals surface area contributed by atoms with Gasteiger partial charge in [0.05, 0.1) is 22.2 Å². The zero-order valence-electron chi connectivity index (χ0n) is 26.4. The Kier molecular flexibility index (Phi) is 5.38. The van der Waals surface area contributed by atoms with Gasteiger partial charge in [-0.15, -0.1) is 0 Å². The summed E-state index contributed by atoms with van der Waals surface area (Å²) in [6, 6.07) is 58.8. The summed E-state index contributed by atoms with van der Waals surface area (Å²) in [5, 5.41) is 15.9. The molecule has 49 heavy (non-hydrogen) atoms. The van der Waals surface area contributed by atoms with Gasteiger partial charge in [-0.25, -0.2) is 9.97 Å². The van der Waals surface area contributed by atoms with Crippen LogP contribution in [-0.4, -0.2) is 14.5 Å². The maximum Gasteiger partial charge on any atom is 0.235 e. The first-order valence-electron chi connectivity index (χ1n) is 16.8. The van der Waals surface area contributed by atoms with E-state index in [4.69, 9.17) is 9.97 Å². The van der Waals surface area contributed by atoms with Crippen LogP contribution in [0.1, 0.15) is 0 Å². The minimum Gasteiger partial charge on any atom is -0.277 e. The molecule has 0 spiro atoms. The Morgan fingerprint density at radius 3 is 1.67 bits per heavy atom. The normalized spacial score (nSPS) is 12.1. The van der Waals surface area contributed by atoms with E-state index >= 15 is 0 Å². The molecule has 11 rings (SSSR count). The van der Waals surface area contributed by atoms with Gasteiger partial charge in [0.2, 0.25) is 5.95 Å². The predicted molar refractivity (Wildman–Crippen MR) is 207 cm³/mol. The summed E-state index contributed by atoms with van der Waals surface area (Å²) in [5.74, 6) is 0.669. The third-order valence-corrected chi connectivity index (χ3v) is 10.3. The first kappa shape index (κ1) is 26.5. The van der Waals surface area contributed by atoms with E-state index in [0.717, 1.165) is 33.2 Å². The second kappa shape index (κ2) is 9.96. The fraction of sp³-hybridized carbons (Fsp3) is 0. The predicted octanol–water partition coefficient (Wildman–Crippen LogP) is 12.2. The molecule has 0 atom stereocenters. The zero-order valence-corrected chi connectivity index (χ0v) is 26.4.